The topological polar surface area (TPSA) is 49.3 Å². The molecule has 0 atom stereocenters. The summed E-state index contributed by atoms with van der Waals surface area (Å²) in [5.74, 6) is -0.992. The van der Waals surface area contributed by atoms with Gasteiger partial charge in [-0.05, 0) is 29.8 Å². The molecule has 19 heavy (non-hydrogen) atoms. The Balaban J connectivity index is 2.04. The molecule has 98 valence electrons. The minimum absolute atomic E-state index is 0.00862. The summed E-state index contributed by atoms with van der Waals surface area (Å²) >= 11 is 5.64. The molecule has 0 bridgehead atoms. The molecule has 0 aliphatic carbocycles. The van der Waals surface area contributed by atoms with E-state index in [1.807, 2.05) is 0 Å². The van der Waals surface area contributed by atoms with Crippen LogP contribution in [0.15, 0.2) is 42.5 Å². The Morgan fingerprint density at radius 3 is 2.68 bits per heavy atom. The van der Waals surface area contributed by atoms with Gasteiger partial charge in [-0.25, -0.2) is 4.39 Å². The standard InChI is InChI=1S/C14H11ClFNO2/c15-11-7-9(5-6-12(11)16)8-17-14(19)10-3-1-2-4-13(10)18/h1-7,18H,8H2,(H,17,19). The molecule has 0 unspecified atom stereocenters. The van der Waals surface area contributed by atoms with Crippen LogP contribution < -0.4 is 5.32 Å². The van der Waals surface area contributed by atoms with Gasteiger partial charge in [0, 0.05) is 6.54 Å². The maximum atomic E-state index is 13.0. The smallest absolute Gasteiger partial charge is 0.255 e. The molecule has 2 N–H and O–H groups in total. The molecular formula is C14H11ClFNO2. The molecule has 0 aliphatic rings. The van der Waals surface area contributed by atoms with Crippen LogP contribution in [0.3, 0.4) is 0 Å². The number of phenolic OH excluding ortho intramolecular Hbond substituents is 1. The lowest BCUT2D eigenvalue weighted by atomic mass is 10.1. The number of aromatic hydroxyl groups is 1. The van der Waals surface area contributed by atoms with Gasteiger partial charge in [-0.3, -0.25) is 4.79 Å². The first-order valence-electron chi connectivity index (χ1n) is 5.58. The highest BCUT2D eigenvalue weighted by Gasteiger charge is 2.10. The zero-order chi connectivity index (χ0) is 13.8. The number of para-hydroxylation sites is 1. The molecule has 0 radical (unpaired) electrons. The fourth-order valence-electron chi connectivity index (χ4n) is 1.59. The molecule has 2 aromatic rings. The molecule has 1 amide bonds. The molecule has 0 saturated heterocycles. The molecule has 0 saturated carbocycles. The first-order valence-corrected chi connectivity index (χ1v) is 5.96. The molecule has 0 aliphatic heterocycles. The van der Waals surface area contributed by atoms with Gasteiger partial charge >= 0.3 is 0 Å². The Morgan fingerprint density at radius 2 is 2.00 bits per heavy atom. The number of nitrogens with one attached hydrogen (secondary N) is 1. The molecule has 3 nitrogen and oxygen atoms in total. The first-order chi connectivity index (χ1) is 9.08. The highest BCUT2D eigenvalue weighted by atomic mass is 35.5. The van der Waals surface area contributed by atoms with E-state index in [2.05, 4.69) is 5.32 Å². The highest BCUT2D eigenvalue weighted by molar-refractivity contribution is 6.30. The minimum atomic E-state index is -0.502. The average molecular weight is 280 g/mol. The largest absolute Gasteiger partial charge is 0.507 e. The van der Waals surface area contributed by atoms with E-state index in [1.165, 1.54) is 30.3 Å². The molecule has 2 aromatic carbocycles. The summed E-state index contributed by atoms with van der Waals surface area (Å²) in [6, 6.07) is 10.5. The number of amides is 1. The van der Waals surface area contributed by atoms with Gasteiger partial charge in [-0.1, -0.05) is 29.8 Å². The second-order valence-corrected chi connectivity index (χ2v) is 4.36. The number of rotatable bonds is 3. The summed E-state index contributed by atoms with van der Waals surface area (Å²) < 4.78 is 13.0. The lowest BCUT2D eigenvalue weighted by molar-refractivity contribution is 0.0948. The lowest BCUT2D eigenvalue weighted by Crippen LogP contribution is -2.22. The lowest BCUT2D eigenvalue weighted by Gasteiger charge is -2.07. The van der Waals surface area contributed by atoms with Crippen LogP contribution in [-0.4, -0.2) is 11.0 Å². The van der Waals surface area contributed by atoms with Crippen LogP contribution in [0.2, 0.25) is 5.02 Å². The van der Waals surface area contributed by atoms with Crippen LogP contribution in [0.25, 0.3) is 0 Å². The van der Waals surface area contributed by atoms with Crippen molar-refractivity contribution in [3.63, 3.8) is 0 Å². The summed E-state index contributed by atoms with van der Waals surface area (Å²) in [5.41, 5.74) is 0.867. The number of hydrogen-bond acceptors (Lipinski definition) is 2. The van der Waals surface area contributed by atoms with Gasteiger partial charge in [0.2, 0.25) is 0 Å². The van der Waals surface area contributed by atoms with Crippen molar-refractivity contribution in [2.45, 2.75) is 6.54 Å². The number of carbonyl (C=O) groups excluding carboxylic acids is 1. The zero-order valence-corrected chi connectivity index (χ0v) is 10.6. The van der Waals surface area contributed by atoms with Crippen LogP contribution in [0, 0.1) is 5.82 Å². The van der Waals surface area contributed by atoms with Crippen LogP contribution in [-0.2, 0) is 6.54 Å². The number of halogens is 2. The Bertz CT molecular complexity index is 616. The minimum Gasteiger partial charge on any atom is -0.507 e. The zero-order valence-electron chi connectivity index (χ0n) is 9.86. The SMILES string of the molecule is O=C(NCc1ccc(F)c(Cl)c1)c1ccccc1O. The number of benzene rings is 2. The molecule has 0 heterocycles. The van der Waals surface area contributed by atoms with Crippen molar-refractivity contribution in [1.29, 1.82) is 0 Å². The summed E-state index contributed by atoms with van der Waals surface area (Å²) in [4.78, 5) is 11.8. The maximum absolute atomic E-state index is 13.0. The second kappa shape index (κ2) is 5.71. The van der Waals surface area contributed by atoms with E-state index in [0.29, 0.717) is 5.56 Å². The molecule has 5 heteroatoms. The molecular weight excluding hydrogens is 269 g/mol. The van der Waals surface area contributed by atoms with Gasteiger partial charge in [0.15, 0.2) is 0 Å². The van der Waals surface area contributed by atoms with Gasteiger partial charge in [-0.15, -0.1) is 0 Å². The summed E-state index contributed by atoms with van der Waals surface area (Å²) in [6.45, 7) is 0.202. The van der Waals surface area contributed by atoms with E-state index in [-0.39, 0.29) is 22.9 Å². The van der Waals surface area contributed by atoms with Crippen molar-refractivity contribution in [1.82, 2.24) is 5.32 Å². The van der Waals surface area contributed by atoms with Crippen LogP contribution in [0.1, 0.15) is 15.9 Å². The third kappa shape index (κ3) is 3.23. The predicted molar refractivity (Wildman–Crippen MR) is 70.7 cm³/mol. The van der Waals surface area contributed by atoms with E-state index in [1.54, 1.807) is 12.1 Å². The second-order valence-electron chi connectivity index (χ2n) is 3.95. The van der Waals surface area contributed by atoms with Gasteiger partial charge < -0.3 is 10.4 Å². The van der Waals surface area contributed by atoms with Gasteiger partial charge in [0.05, 0.1) is 10.6 Å². The molecule has 0 spiro atoms. The average Bonchev–Trinajstić information content (AvgIpc) is 2.40. The molecule has 2 rings (SSSR count). The van der Waals surface area contributed by atoms with Crippen molar-refractivity contribution in [2.75, 3.05) is 0 Å². The van der Waals surface area contributed by atoms with Crippen molar-refractivity contribution in [3.8, 4) is 5.75 Å². The first kappa shape index (κ1) is 13.4. The third-order valence-corrected chi connectivity index (χ3v) is 2.88. The van der Waals surface area contributed by atoms with E-state index in [4.69, 9.17) is 11.6 Å². The monoisotopic (exact) mass is 279 g/mol. The Kier molecular flexibility index (Phi) is 4.02. The highest BCUT2D eigenvalue weighted by Crippen LogP contribution is 2.17. The van der Waals surface area contributed by atoms with Gasteiger partial charge in [0.25, 0.3) is 5.91 Å². The fourth-order valence-corrected chi connectivity index (χ4v) is 1.80. The van der Waals surface area contributed by atoms with Crippen LogP contribution in [0.5, 0.6) is 5.75 Å². The van der Waals surface area contributed by atoms with Crippen molar-refractivity contribution in [2.24, 2.45) is 0 Å². The van der Waals surface area contributed by atoms with E-state index < -0.39 is 11.7 Å². The Hall–Kier alpha value is -2.07. The molecule has 0 aromatic heterocycles. The predicted octanol–water partition coefficient (Wildman–Crippen LogP) is 3.11. The summed E-state index contributed by atoms with van der Waals surface area (Å²) in [5, 5.41) is 12.2. The van der Waals surface area contributed by atoms with Crippen LogP contribution in [0.4, 0.5) is 4.39 Å². The van der Waals surface area contributed by atoms with Gasteiger partial charge in [0.1, 0.15) is 11.6 Å². The number of carbonyl (C=O) groups is 1. The number of hydrogen-bond donors (Lipinski definition) is 2. The summed E-state index contributed by atoms with van der Waals surface area (Å²) in [6.07, 6.45) is 0. The van der Waals surface area contributed by atoms with Crippen molar-refractivity contribution < 1.29 is 14.3 Å². The molecule has 0 fully saturated rings. The third-order valence-electron chi connectivity index (χ3n) is 2.59. The van der Waals surface area contributed by atoms with E-state index >= 15 is 0 Å². The maximum Gasteiger partial charge on any atom is 0.255 e. The Morgan fingerprint density at radius 1 is 1.26 bits per heavy atom. The van der Waals surface area contributed by atoms with Crippen LogP contribution >= 0.6 is 11.6 Å². The normalized spacial score (nSPS) is 10.2. The van der Waals surface area contributed by atoms with E-state index in [9.17, 15) is 14.3 Å². The fraction of sp³-hybridized carbons (Fsp3) is 0.0714. The van der Waals surface area contributed by atoms with Crippen molar-refractivity contribution >= 4 is 17.5 Å². The van der Waals surface area contributed by atoms with Gasteiger partial charge in [-0.2, -0.15) is 0 Å². The van der Waals surface area contributed by atoms with E-state index in [0.717, 1.165) is 0 Å². The quantitative estimate of drug-likeness (QED) is 0.907. The van der Waals surface area contributed by atoms with Crippen molar-refractivity contribution in [3.05, 3.63) is 64.4 Å². The number of phenols is 1. The Labute approximate surface area is 114 Å². The summed E-state index contributed by atoms with van der Waals surface area (Å²) in [7, 11) is 0.